The minimum atomic E-state index is 0.0317. The molecule has 0 saturated heterocycles. The van der Waals surface area contributed by atoms with Crippen LogP contribution in [0.25, 0.3) is 0 Å². The van der Waals surface area contributed by atoms with Gasteiger partial charge in [-0.3, -0.25) is 4.79 Å². The average molecular weight is 284 g/mol. The summed E-state index contributed by atoms with van der Waals surface area (Å²) in [6, 6.07) is 6.06. The van der Waals surface area contributed by atoms with Gasteiger partial charge in [0.1, 0.15) is 0 Å². The van der Waals surface area contributed by atoms with Crippen LogP contribution in [-0.4, -0.2) is 5.91 Å². The van der Waals surface area contributed by atoms with Crippen LogP contribution in [0.15, 0.2) is 22.7 Å². The predicted octanol–water partition coefficient (Wildman–Crippen LogP) is 4.10. The highest BCUT2D eigenvalue weighted by molar-refractivity contribution is 9.10. The van der Waals surface area contributed by atoms with E-state index >= 15 is 0 Å². The number of nitrogens with one attached hydrogen (secondary N) is 1. The van der Waals surface area contributed by atoms with E-state index in [9.17, 15) is 4.79 Å². The number of rotatable bonds is 2. The molecule has 1 aromatic carbocycles. The summed E-state index contributed by atoms with van der Waals surface area (Å²) < 4.78 is 0.932. The number of carbonyl (C=O) groups excluding carboxylic acids is 1. The zero-order chi connectivity index (χ0) is 12.3. The quantitative estimate of drug-likeness (QED) is 0.870. The van der Waals surface area contributed by atoms with Crippen LogP contribution in [0.5, 0.6) is 0 Å². The molecule has 0 bridgehead atoms. The molecule has 3 heteroatoms. The maximum Gasteiger partial charge on any atom is 0.224 e. The van der Waals surface area contributed by atoms with Crippen molar-refractivity contribution in [3.8, 4) is 0 Å². The van der Waals surface area contributed by atoms with Gasteiger partial charge in [-0.15, -0.1) is 0 Å². The first-order valence-corrected chi connectivity index (χ1v) is 6.23. The van der Waals surface area contributed by atoms with Crippen molar-refractivity contribution in [3.05, 3.63) is 28.2 Å². The molecule has 0 heterocycles. The third-order valence-electron chi connectivity index (χ3n) is 2.43. The first-order valence-electron chi connectivity index (χ1n) is 5.44. The van der Waals surface area contributed by atoms with E-state index in [4.69, 9.17) is 0 Å². The lowest BCUT2D eigenvalue weighted by atomic mass is 9.87. The number of halogens is 1. The summed E-state index contributed by atoms with van der Waals surface area (Å²) in [6.45, 7) is 8.34. The van der Waals surface area contributed by atoms with Crippen LogP contribution < -0.4 is 5.32 Å². The van der Waals surface area contributed by atoms with E-state index in [1.807, 2.05) is 13.0 Å². The topological polar surface area (TPSA) is 29.1 Å². The lowest BCUT2D eigenvalue weighted by molar-refractivity contribution is -0.115. The fourth-order valence-corrected chi connectivity index (χ4v) is 1.80. The molecule has 88 valence electrons. The van der Waals surface area contributed by atoms with Crippen LogP contribution in [0.1, 0.15) is 39.7 Å². The van der Waals surface area contributed by atoms with Crippen molar-refractivity contribution in [1.82, 2.24) is 0 Å². The maximum atomic E-state index is 11.3. The van der Waals surface area contributed by atoms with Gasteiger partial charge in [0.25, 0.3) is 0 Å². The van der Waals surface area contributed by atoms with Gasteiger partial charge in [0.2, 0.25) is 5.91 Å². The number of carbonyl (C=O) groups is 1. The van der Waals surface area contributed by atoms with Crippen LogP contribution in [0.4, 0.5) is 5.69 Å². The second kappa shape index (κ2) is 5.00. The molecule has 0 spiro atoms. The van der Waals surface area contributed by atoms with Gasteiger partial charge in [-0.2, -0.15) is 0 Å². The van der Waals surface area contributed by atoms with Crippen molar-refractivity contribution in [2.24, 2.45) is 0 Å². The molecule has 0 aliphatic heterocycles. The number of hydrogen-bond donors (Lipinski definition) is 1. The molecule has 0 fully saturated rings. The van der Waals surface area contributed by atoms with Gasteiger partial charge >= 0.3 is 0 Å². The van der Waals surface area contributed by atoms with Gasteiger partial charge in [0.15, 0.2) is 0 Å². The summed E-state index contributed by atoms with van der Waals surface area (Å²) in [5.41, 5.74) is 2.20. The number of anilines is 1. The predicted molar refractivity (Wildman–Crippen MR) is 71.8 cm³/mol. The summed E-state index contributed by atoms with van der Waals surface area (Å²) >= 11 is 3.48. The van der Waals surface area contributed by atoms with Crippen LogP contribution in [0.2, 0.25) is 0 Å². The molecule has 0 aliphatic carbocycles. The van der Waals surface area contributed by atoms with Crippen LogP contribution in [-0.2, 0) is 10.2 Å². The molecular weight excluding hydrogens is 266 g/mol. The smallest absolute Gasteiger partial charge is 0.224 e. The molecule has 2 nitrogen and oxygen atoms in total. The summed E-state index contributed by atoms with van der Waals surface area (Å²) in [6.07, 6.45) is 0.494. The molecule has 0 unspecified atom stereocenters. The average Bonchev–Trinajstić information content (AvgIpc) is 2.19. The summed E-state index contributed by atoms with van der Waals surface area (Å²) in [4.78, 5) is 11.3. The van der Waals surface area contributed by atoms with Gasteiger partial charge in [-0.05, 0) is 39.0 Å². The second-order valence-corrected chi connectivity index (χ2v) is 5.70. The van der Waals surface area contributed by atoms with Gasteiger partial charge in [0, 0.05) is 10.9 Å². The SMILES string of the molecule is CCC(=O)Nc1ccc(C(C)(C)C)cc1Br. The van der Waals surface area contributed by atoms with Crippen LogP contribution >= 0.6 is 15.9 Å². The second-order valence-electron chi connectivity index (χ2n) is 4.85. The Bertz CT molecular complexity index is 393. The molecule has 1 aromatic rings. The number of amides is 1. The molecule has 16 heavy (non-hydrogen) atoms. The fourth-order valence-electron chi connectivity index (χ4n) is 1.32. The highest BCUT2D eigenvalue weighted by Crippen LogP contribution is 2.30. The molecule has 0 aliphatic rings. The maximum absolute atomic E-state index is 11.3. The van der Waals surface area contributed by atoms with Crippen molar-refractivity contribution in [1.29, 1.82) is 0 Å². The Morgan fingerprint density at radius 3 is 2.44 bits per heavy atom. The van der Waals surface area contributed by atoms with E-state index < -0.39 is 0 Å². The zero-order valence-electron chi connectivity index (χ0n) is 10.2. The molecular formula is C13H18BrNO. The van der Waals surface area contributed by atoms with Gasteiger partial charge in [-0.25, -0.2) is 0 Å². The number of hydrogen-bond acceptors (Lipinski definition) is 1. The molecule has 0 atom stereocenters. The van der Waals surface area contributed by atoms with E-state index in [1.54, 1.807) is 0 Å². The van der Waals surface area contributed by atoms with Crippen molar-refractivity contribution in [2.45, 2.75) is 39.5 Å². The molecule has 1 N–H and O–H groups in total. The first kappa shape index (κ1) is 13.2. The number of benzene rings is 1. The van der Waals surface area contributed by atoms with Crippen LogP contribution in [0, 0.1) is 0 Å². The molecule has 0 radical (unpaired) electrons. The normalized spacial score (nSPS) is 11.3. The summed E-state index contributed by atoms with van der Waals surface area (Å²) in [5.74, 6) is 0.0317. The first-order chi connectivity index (χ1) is 7.34. The molecule has 1 rings (SSSR count). The summed E-state index contributed by atoms with van der Waals surface area (Å²) in [5, 5.41) is 2.85. The lowest BCUT2D eigenvalue weighted by Gasteiger charge is -2.20. The lowest BCUT2D eigenvalue weighted by Crippen LogP contribution is -2.13. The Morgan fingerprint density at radius 2 is 2.00 bits per heavy atom. The van der Waals surface area contributed by atoms with E-state index in [-0.39, 0.29) is 11.3 Å². The highest BCUT2D eigenvalue weighted by Gasteiger charge is 2.15. The fraction of sp³-hybridized carbons (Fsp3) is 0.462. The van der Waals surface area contributed by atoms with E-state index in [2.05, 4.69) is 54.2 Å². The van der Waals surface area contributed by atoms with Crippen molar-refractivity contribution >= 4 is 27.5 Å². The standard InChI is InChI=1S/C13H18BrNO/c1-5-12(16)15-11-7-6-9(8-10(11)14)13(2,3)4/h6-8H,5H2,1-4H3,(H,15,16). The molecule has 0 aromatic heterocycles. The zero-order valence-corrected chi connectivity index (χ0v) is 11.8. The molecule has 0 saturated carbocycles. The van der Waals surface area contributed by atoms with Crippen molar-refractivity contribution < 1.29 is 4.79 Å². The molecule has 1 amide bonds. The van der Waals surface area contributed by atoms with E-state index in [0.29, 0.717) is 6.42 Å². The van der Waals surface area contributed by atoms with Gasteiger partial charge in [0.05, 0.1) is 5.69 Å². The van der Waals surface area contributed by atoms with Crippen LogP contribution in [0.3, 0.4) is 0 Å². The monoisotopic (exact) mass is 283 g/mol. The Morgan fingerprint density at radius 1 is 1.38 bits per heavy atom. The third kappa shape index (κ3) is 3.34. The third-order valence-corrected chi connectivity index (χ3v) is 3.09. The Hall–Kier alpha value is -0.830. The largest absolute Gasteiger partial charge is 0.325 e. The Labute approximate surface area is 106 Å². The van der Waals surface area contributed by atoms with Crippen molar-refractivity contribution in [2.75, 3.05) is 5.32 Å². The van der Waals surface area contributed by atoms with Gasteiger partial charge in [-0.1, -0.05) is 33.8 Å². The summed E-state index contributed by atoms with van der Waals surface area (Å²) in [7, 11) is 0. The van der Waals surface area contributed by atoms with Gasteiger partial charge < -0.3 is 5.32 Å². The minimum Gasteiger partial charge on any atom is -0.325 e. The van der Waals surface area contributed by atoms with Crippen molar-refractivity contribution in [3.63, 3.8) is 0 Å². The Balaban J connectivity index is 2.96. The Kier molecular flexibility index (Phi) is 4.14. The minimum absolute atomic E-state index is 0.0317. The highest BCUT2D eigenvalue weighted by atomic mass is 79.9. The van der Waals surface area contributed by atoms with E-state index in [1.165, 1.54) is 5.56 Å². The van der Waals surface area contributed by atoms with E-state index in [0.717, 1.165) is 10.2 Å².